The minimum atomic E-state index is -0.377. The Morgan fingerprint density at radius 2 is 1.72 bits per heavy atom. The van der Waals surface area contributed by atoms with Gasteiger partial charge in [-0.3, -0.25) is 9.59 Å². The summed E-state index contributed by atoms with van der Waals surface area (Å²) in [5.41, 5.74) is 1.42. The van der Waals surface area contributed by atoms with Crippen LogP contribution in [0.1, 0.15) is 25.6 Å². The van der Waals surface area contributed by atoms with Crippen molar-refractivity contribution in [2.75, 3.05) is 5.32 Å². The second-order valence-corrected chi connectivity index (χ2v) is 6.18. The number of rotatable bonds is 5. The van der Waals surface area contributed by atoms with Crippen LogP contribution in [0.2, 0.25) is 0 Å². The minimum absolute atomic E-state index is 0.187. The maximum Gasteiger partial charge on any atom is 0.265 e. The smallest absolute Gasteiger partial charge is 0.265 e. The van der Waals surface area contributed by atoms with Crippen molar-refractivity contribution in [2.45, 2.75) is 0 Å². The lowest BCUT2D eigenvalue weighted by molar-refractivity contribution is 0.102. The fraction of sp³-hybridized carbons (Fsp3) is 0. The number of thiophene rings is 1. The van der Waals surface area contributed by atoms with Gasteiger partial charge in [0.15, 0.2) is 5.78 Å². The second kappa shape index (κ2) is 7.68. The molecule has 3 nitrogen and oxygen atoms in total. The van der Waals surface area contributed by atoms with E-state index in [2.05, 4.69) is 5.32 Å². The van der Waals surface area contributed by atoms with E-state index in [9.17, 15) is 14.0 Å². The van der Waals surface area contributed by atoms with Gasteiger partial charge in [-0.25, -0.2) is 4.39 Å². The molecule has 1 heterocycles. The van der Waals surface area contributed by atoms with Gasteiger partial charge in [0.2, 0.25) is 0 Å². The Morgan fingerprint density at radius 1 is 0.960 bits per heavy atom. The summed E-state index contributed by atoms with van der Waals surface area (Å²) in [5.74, 6) is -0.800. The summed E-state index contributed by atoms with van der Waals surface area (Å²) in [6, 6.07) is 16.4. The van der Waals surface area contributed by atoms with Crippen LogP contribution < -0.4 is 5.32 Å². The molecule has 0 atom stereocenters. The third-order valence-corrected chi connectivity index (χ3v) is 4.36. The molecule has 1 amide bonds. The molecule has 25 heavy (non-hydrogen) atoms. The number of carbonyl (C=O) groups is 2. The zero-order chi connectivity index (χ0) is 17.6. The number of benzene rings is 2. The van der Waals surface area contributed by atoms with E-state index in [1.807, 2.05) is 11.4 Å². The zero-order valence-corrected chi connectivity index (χ0v) is 13.9. The van der Waals surface area contributed by atoms with Crippen molar-refractivity contribution in [1.82, 2.24) is 0 Å². The van der Waals surface area contributed by atoms with E-state index in [4.69, 9.17) is 0 Å². The standard InChI is InChI=1S/C20H14FNO2S/c21-17-5-2-1-4-14(17)9-12-18(23)15-7-10-16(11-8-15)22-20(24)19-6-3-13-25-19/h1-13H,(H,22,24)/b12-9+. The van der Waals surface area contributed by atoms with E-state index in [1.165, 1.54) is 29.6 Å². The van der Waals surface area contributed by atoms with E-state index >= 15 is 0 Å². The number of ketones is 1. The molecule has 0 saturated heterocycles. The van der Waals surface area contributed by atoms with Gasteiger partial charge in [-0.1, -0.05) is 24.3 Å². The first-order chi connectivity index (χ1) is 12.1. The molecule has 124 valence electrons. The molecule has 0 spiro atoms. The van der Waals surface area contributed by atoms with Crippen LogP contribution in [0, 0.1) is 5.82 Å². The van der Waals surface area contributed by atoms with Crippen LogP contribution in [-0.4, -0.2) is 11.7 Å². The summed E-state index contributed by atoms with van der Waals surface area (Å²) < 4.78 is 13.5. The summed E-state index contributed by atoms with van der Waals surface area (Å²) >= 11 is 1.36. The van der Waals surface area contributed by atoms with Gasteiger partial charge in [0.1, 0.15) is 5.82 Å². The fourth-order valence-corrected chi connectivity index (χ4v) is 2.81. The highest BCUT2D eigenvalue weighted by Crippen LogP contribution is 2.15. The van der Waals surface area contributed by atoms with E-state index in [0.29, 0.717) is 21.7 Å². The Labute approximate surface area is 148 Å². The Kier molecular flexibility index (Phi) is 5.16. The molecule has 0 aliphatic rings. The second-order valence-electron chi connectivity index (χ2n) is 5.23. The van der Waals surface area contributed by atoms with Crippen molar-refractivity contribution in [1.29, 1.82) is 0 Å². The fourth-order valence-electron chi connectivity index (χ4n) is 2.19. The first-order valence-electron chi connectivity index (χ1n) is 7.55. The largest absolute Gasteiger partial charge is 0.321 e. The van der Waals surface area contributed by atoms with Gasteiger partial charge >= 0.3 is 0 Å². The number of allylic oxidation sites excluding steroid dienone is 1. The monoisotopic (exact) mass is 351 g/mol. The number of nitrogens with one attached hydrogen (secondary N) is 1. The number of anilines is 1. The molecule has 5 heteroatoms. The van der Waals surface area contributed by atoms with E-state index in [1.54, 1.807) is 48.5 Å². The lowest BCUT2D eigenvalue weighted by Crippen LogP contribution is -2.10. The molecule has 3 aromatic rings. The molecule has 0 fully saturated rings. The van der Waals surface area contributed by atoms with Gasteiger partial charge in [0.05, 0.1) is 4.88 Å². The topological polar surface area (TPSA) is 46.2 Å². The third-order valence-electron chi connectivity index (χ3n) is 3.49. The third kappa shape index (κ3) is 4.28. The van der Waals surface area contributed by atoms with Crippen molar-refractivity contribution in [3.05, 3.63) is 93.9 Å². The predicted octanol–water partition coefficient (Wildman–Crippen LogP) is 5.04. The van der Waals surface area contributed by atoms with Gasteiger partial charge in [-0.05, 0) is 53.9 Å². The molecule has 0 unspecified atom stereocenters. The summed E-state index contributed by atoms with van der Waals surface area (Å²) in [7, 11) is 0. The molecule has 2 aromatic carbocycles. The highest BCUT2D eigenvalue weighted by molar-refractivity contribution is 7.12. The average molecular weight is 351 g/mol. The molecule has 0 radical (unpaired) electrons. The molecule has 0 aliphatic heterocycles. The highest BCUT2D eigenvalue weighted by atomic mass is 32.1. The van der Waals surface area contributed by atoms with Crippen LogP contribution in [0.4, 0.5) is 10.1 Å². The van der Waals surface area contributed by atoms with Crippen LogP contribution in [-0.2, 0) is 0 Å². The molecule has 0 bridgehead atoms. The first-order valence-corrected chi connectivity index (χ1v) is 8.43. The lowest BCUT2D eigenvalue weighted by atomic mass is 10.1. The van der Waals surface area contributed by atoms with Gasteiger partial charge in [0.25, 0.3) is 5.91 Å². The van der Waals surface area contributed by atoms with Crippen LogP contribution in [0.15, 0.2) is 72.1 Å². The van der Waals surface area contributed by atoms with Crippen molar-refractivity contribution in [3.8, 4) is 0 Å². The van der Waals surface area contributed by atoms with E-state index in [-0.39, 0.29) is 17.5 Å². The Balaban J connectivity index is 1.66. The van der Waals surface area contributed by atoms with Crippen molar-refractivity contribution < 1.29 is 14.0 Å². The summed E-state index contributed by atoms with van der Waals surface area (Å²) in [6.45, 7) is 0. The molecular formula is C20H14FNO2S. The van der Waals surface area contributed by atoms with Crippen molar-refractivity contribution >= 4 is 34.8 Å². The first kappa shape index (κ1) is 16.8. The molecule has 0 aliphatic carbocycles. The zero-order valence-electron chi connectivity index (χ0n) is 13.1. The summed E-state index contributed by atoms with van der Waals surface area (Å²) in [4.78, 5) is 24.7. The van der Waals surface area contributed by atoms with Crippen molar-refractivity contribution in [2.24, 2.45) is 0 Å². The Bertz CT molecular complexity index is 915. The van der Waals surface area contributed by atoms with Gasteiger partial charge < -0.3 is 5.32 Å². The highest BCUT2D eigenvalue weighted by Gasteiger charge is 2.08. The number of carbonyl (C=O) groups excluding carboxylic acids is 2. The predicted molar refractivity (Wildman–Crippen MR) is 98.5 cm³/mol. The minimum Gasteiger partial charge on any atom is -0.321 e. The molecular weight excluding hydrogens is 337 g/mol. The maximum absolute atomic E-state index is 13.5. The van der Waals surface area contributed by atoms with E-state index < -0.39 is 0 Å². The SMILES string of the molecule is O=C(/C=C/c1ccccc1F)c1ccc(NC(=O)c2cccs2)cc1. The number of hydrogen-bond donors (Lipinski definition) is 1. The van der Waals surface area contributed by atoms with Crippen LogP contribution in [0.5, 0.6) is 0 Å². The van der Waals surface area contributed by atoms with Gasteiger partial charge in [0, 0.05) is 16.8 Å². The molecule has 0 saturated carbocycles. The van der Waals surface area contributed by atoms with Crippen LogP contribution >= 0.6 is 11.3 Å². The number of hydrogen-bond acceptors (Lipinski definition) is 3. The van der Waals surface area contributed by atoms with Crippen LogP contribution in [0.3, 0.4) is 0 Å². The van der Waals surface area contributed by atoms with Gasteiger partial charge in [-0.15, -0.1) is 11.3 Å². The molecule has 1 N–H and O–H groups in total. The van der Waals surface area contributed by atoms with Gasteiger partial charge in [-0.2, -0.15) is 0 Å². The Hall–Kier alpha value is -3.05. The number of amides is 1. The molecule has 1 aromatic heterocycles. The van der Waals surface area contributed by atoms with Crippen molar-refractivity contribution in [3.63, 3.8) is 0 Å². The maximum atomic E-state index is 13.5. The van der Waals surface area contributed by atoms with E-state index in [0.717, 1.165) is 0 Å². The quantitative estimate of drug-likeness (QED) is 0.517. The summed E-state index contributed by atoms with van der Waals surface area (Å²) in [5, 5.41) is 4.60. The lowest BCUT2D eigenvalue weighted by Gasteiger charge is -2.04. The molecule has 3 rings (SSSR count). The van der Waals surface area contributed by atoms with Crippen LogP contribution in [0.25, 0.3) is 6.08 Å². The Morgan fingerprint density at radius 3 is 2.40 bits per heavy atom. The average Bonchev–Trinajstić information content (AvgIpc) is 3.16. The summed E-state index contributed by atoms with van der Waals surface area (Å²) in [6.07, 6.45) is 2.78. The normalized spacial score (nSPS) is 10.8. The number of halogens is 1.